The second-order valence-corrected chi connectivity index (χ2v) is 5.92. The maximum atomic E-state index is 11.3. The van der Waals surface area contributed by atoms with Crippen LogP contribution < -0.4 is 0 Å². The Hall–Kier alpha value is -0.370. The maximum Gasteiger partial charge on any atom is 0.323 e. The minimum Gasteiger partial charge on any atom is -0.481 e. The van der Waals surface area contributed by atoms with Crippen LogP contribution in [-0.2, 0) is 14.3 Å². The number of carbonyl (C=O) groups is 2. The minimum absolute atomic E-state index is 0.479. The summed E-state index contributed by atoms with van der Waals surface area (Å²) in [5.41, 5.74) is -1.33. The lowest BCUT2D eigenvalue weighted by molar-refractivity contribution is -0.158. The number of fused-ring (bicyclic) bond motifs is 2. The van der Waals surface area contributed by atoms with E-state index in [1.54, 1.807) is 22.6 Å². The zero-order valence-electron chi connectivity index (χ0n) is 8.07. The van der Waals surface area contributed by atoms with Crippen molar-refractivity contribution in [2.75, 3.05) is 0 Å². The van der Waals surface area contributed by atoms with Crippen LogP contribution in [0.5, 0.6) is 0 Å². The third-order valence-electron chi connectivity index (χ3n) is 3.62. The van der Waals surface area contributed by atoms with E-state index in [1.807, 2.05) is 0 Å². The molecule has 4 atom stereocenters. The molecule has 5 nitrogen and oxygen atoms in total. The van der Waals surface area contributed by atoms with Crippen LogP contribution >= 0.6 is 22.6 Å². The molecule has 0 aromatic rings. The lowest BCUT2D eigenvalue weighted by atomic mass is 9.67. The first-order valence-electron chi connectivity index (χ1n) is 4.66. The standard InChI is InChI=1S/C9H11IO5/c1-8(6(11)12)4-2-3-5(15-4)9(8,10)7(13)14/h4-5H,2-3H2,1H3,(H,11,12)(H,13,14). The smallest absolute Gasteiger partial charge is 0.323 e. The highest BCUT2D eigenvalue weighted by Gasteiger charge is 2.73. The zero-order valence-corrected chi connectivity index (χ0v) is 10.2. The highest BCUT2D eigenvalue weighted by molar-refractivity contribution is 14.1. The molecule has 2 aliphatic heterocycles. The molecule has 2 aliphatic rings. The molecule has 0 aromatic heterocycles. The summed E-state index contributed by atoms with van der Waals surface area (Å²) in [6.45, 7) is 1.47. The van der Waals surface area contributed by atoms with E-state index in [4.69, 9.17) is 4.74 Å². The number of carboxylic acids is 2. The quantitative estimate of drug-likeness (QED) is 0.582. The van der Waals surface area contributed by atoms with Gasteiger partial charge in [0.15, 0.2) is 3.42 Å². The van der Waals surface area contributed by atoms with Crippen molar-refractivity contribution in [3.8, 4) is 0 Å². The predicted octanol–water partition coefficient (Wildman–Crippen LogP) is 0.897. The Kier molecular flexibility index (Phi) is 2.27. The number of alkyl halides is 1. The SMILES string of the molecule is CC1(C(=O)O)C2CCC(O2)C1(I)C(=O)O. The molecular weight excluding hydrogens is 315 g/mol. The molecule has 4 unspecified atom stereocenters. The lowest BCUT2D eigenvalue weighted by Crippen LogP contribution is -2.58. The van der Waals surface area contributed by atoms with E-state index in [1.165, 1.54) is 6.92 Å². The van der Waals surface area contributed by atoms with Crippen molar-refractivity contribution in [3.63, 3.8) is 0 Å². The predicted molar refractivity (Wildman–Crippen MR) is 58.0 cm³/mol. The second kappa shape index (κ2) is 3.07. The van der Waals surface area contributed by atoms with Gasteiger partial charge in [-0.2, -0.15) is 0 Å². The van der Waals surface area contributed by atoms with E-state index >= 15 is 0 Å². The number of hydrogen-bond acceptors (Lipinski definition) is 3. The molecule has 84 valence electrons. The van der Waals surface area contributed by atoms with Crippen LogP contribution in [0.25, 0.3) is 0 Å². The normalized spacial score (nSPS) is 48.1. The summed E-state index contributed by atoms with van der Waals surface area (Å²) in [6.07, 6.45) is 0.295. The van der Waals surface area contributed by atoms with Gasteiger partial charge in [0.2, 0.25) is 0 Å². The van der Waals surface area contributed by atoms with Crippen molar-refractivity contribution >= 4 is 34.5 Å². The van der Waals surface area contributed by atoms with Gasteiger partial charge in [0.25, 0.3) is 0 Å². The van der Waals surface area contributed by atoms with Crippen LogP contribution in [-0.4, -0.2) is 37.8 Å². The molecule has 0 aromatic carbocycles. The molecule has 15 heavy (non-hydrogen) atoms. The molecule has 2 bridgehead atoms. The fraction of sp³-hybridized carbons (Fsp3) is 0.778. The molecule has 2 fully saturated rings. The van der Waals surface area contributed by atoms with Gasteiger partial charge in [-0.15, -0.1) is 0 Å². The lowest BCUT2D eigenvalue weighted by Gasteiger charge is -2.38. The molecular formula is C9H11IO5. The van der Waals surface area contributed by atoms with Gasteiger partial charge in [-0.25, -0.2) is 0 Å². The number of ether oxygens (including phenoxy) is 1. The topological polar surface area (TPSA) is 83.8 Å². The van der Waals surface area contributed by atoms with Gasteiger partial charge in [0.1, 0.15) is 5.41 Å². The summed E-state index contributed by atoms with van der Waals surface area (Å²) in [7, 11) is 0. The van der Waals surface area contributed by atoms with Crippen LogP contribution in [0.2, 0.25) is 0 Å². The summed E-state index contributed by atoms with van der Waals surface area (Å²) in [5.74, 6) is -2.19. The summed E-state index contributed by atoms with van der Waals surface area (Å²) < 4.78 is 4.11. The Morgan fingerprint density at radius 1 is 1.27 bits per heavy atom. The molecule has 0 spiro atoms. The van der Waals surface area contributed by atoms with E-state index in [-0.39, 0.29) is 0 Å². The highest BCUT2D eigenvalue weighted by Crippen LogP contribution is 2.59. The molecule has 0 radical (unpaired) electrons. The third kappa shape index (κ3) is 1.06. The van der Waals surface area contributed by atoms with Crippen molar-refractivity contribution in [1.82, 2.24) is 0 Å². The van der Waals surface area contributed by atoms with Gasteiger partial charge in [0, 0.05) is 0 Å². The van der Waals surface area contributed by atoms with Gasteiger partial charge < -0.3 is 14.9 Å². The molecule has 0 aliphatic carbocycles. The molecule has 6 heteroatoms. The van der Waals surface area contributed by atoms with Crippen molar-refractivity contribution < 1.29 is 24.5 Å². The van der Waals surface area contributed by atoms with Crippen molar-refractivity contribution in [2.24, 2.45) is 5.41 Å². The van der Waals surface area contributed by atoms with E-state index in [9.17, 15) is 19.8 Å². The third-order valence-corrected chi connectivity index (χ3v) is 5.90. The summed E-state index contributed by atoms with van der Waals surface area (Å²) in [5, 5.41) is 18.5. The Morgan fingerprint density at radius 2 is 1.80 bits per heavy atom. The van der Waals surface area contributed by atoms with Crippen LogP contribution in [0.3, 0.4) is 0 Å². The Bertz CT molecular complexity index is 311. The van der Waals surface area contributed by atoms with Crippen LogP contribution in [0.1, 0.15) is 19.8 Å². The molecule has 2 saturated heterocycles. The van der Waals surface area contributed by atoms with E-state index < -0.39 is 33.0 Å². The number of hydrogen-bond donors (Lipinski definition) is 2. The van der Waals surface area contributed by atoms with E-state index in [0.717, 1.165) is 0 Å². The maximum absolute atomic E-state index is 11.3. The fourth-order valence-electron chi connectivity index (χ4n) is 2.58. The average molecular weight is 326 g/mol. The molecule has 2 N–H and O–H groups in total. The number of halogens is 1. The summed E-state index contributed by atoms with van der Waals surface area (Å²) >= 11 is 1.74. The largest absolute Gasteiger partial charge is 0.481 e. The van der Waals surface area contributed by atoms with E-state index in [0.29, 0.717) is 12.8 Å². The van der Waals surface area contributed by atoms with Gasteiger partial charge in [-0.1, -0.05) is 22.6 Å². The number of aliphatic carboxylic acids is 2. The number of carboxylic acid groups (broad SMARTS) is 2. The van der Waals surface area contributed by atoms with Gasteiger partial charge >= 0.3 is 11.9 Å². The Labute approximate surface area is 99.9 Å². The first-order chi connectivity index (χ1) is 6.85. The number of rotatable bonds is 2. The first kappa shape index (κ1) is 11.1. The van der Waals surface area contributed by atoms with Crippen LogP contribution in [0, 0.1) is 5.41 Å². The van der Waals surface area contributed by atoms with Gasteiger partial charge in [-0.3, -0.25) is 9.59 Å². The molecule has 2 heterocycles. The Balaban J connectivity index is 2.53. The van der Waals surface area contributed by atoms with Crippen molar-refractivity contribution in [1.29, 1.82) is 0 Å². The minimum atomic E-state index is -1.35. The van der Waals surface area contributed by atoms with Crippen molar-refractivity contribution in [2.45, 2.75) is 35.4 Å². The Morgan fingerprint density at radius 3 is 2.20 bits per heavy atom. The fourth-order valence-corrected chi connectivity index (χ4v) is 3.61. The average Bonchev–Trinajstić information content (AvgIpc) is 2.69. The van der Waals surface area contributed by atoms with E-state index in [2.05, 4.69) is 0 Å². The second-order valence-electron chi connectivity index (χ2n) is 4.22. The first-order valence-corrected chi connectivity index (χ1v) is 5.74. The van der Waals surface area contributed by atoms with Crippen molar-refractivity contribution in [3.05, 3.63) is 0 Å². The molecule has 2 rings (SSSR count). The summed E-state index contributed by atoms with van der Waals surface area (Å²) in [6, 6.07) is 0. The van der Waals surface area contributed by atoms with Crippen LogP contribution in [0.4, 0.5) is 0 Å². The molecule has 0 saturated carbocycles. The zero-order chi connectivity index (χ0) is 11.4. The monoisotopic (exact) mass is 326 g/mol. The summed E-state index contributed by atoms with van der Waals surface area (Å²) in [4.78, 5) is 22.6. The van der Waals surface area contributed by atoms with Gasteiger partial charge in [-0.05, 0) is 19.8 Å². The van der Waals surface area contributed by atoms with Gasteiger partial charge in [0.05, 0.1) is 12.2 Å². The highest BCUT2D eigenvalue weighted by atomic mass is 127. The molecule has 0 amide bonds. The van der Waals surface area contributed by atoms with Crippen LogP contribution in [0.15, 0.2) is 0 Å².